The number of hydrogen-bond donors (Lipinski definition) is 1. The molecule has 1 unspecified atom stereocenters. The fourth-order valence-corrected chi connectivity index (χ4v) is 8.71. The first-order valence-corrected chi connectivity index (χ1v) is 16.9. The van der Waals surface area contributed by atoms with Crippen molar-refractivity contribution in [2.45, 2.75) is 69.2 Å². The lowest BCUT2D eigenvalue weighted by Gasteiger charge is -2.41. The van der Waals surface area contributed by atoms with Crippen LogP contribution in [0, 0.1) is 28.9 Å². The molecule has 12 heteroatoms. The molecule has 6 heterocycles. The van der Waals surface area contributed by atoms with E-state index < -0.39 is 28.9 Å². The van der Waals surface area contributed by atoms with Gasteiger partial charge in [-0.1, -0.05) is 13.0 Å². The van der Waals surface area contributed by atoms with Gasteiger partial charge in [0.1, 0.15) is 41.4 Å². The zero-order valence-corrected chi connectivity index (χ0v) is 26.8. The molecule has 0 aliphatic carbocycles. The van der Waals surface area contributed by atoms with E-state index in [1.807, 2.05) is 11.8 Å². The van der Waals surface area contributed by atoms with Crippen LogP contribution < -0.4 is 9.64 Å². The van der Waals surface area contributed by atoms with Crippen molar-refractivity contribution < 1.29 is 27.8 Å². The fourth-order valence-electron chi connectivity index (χ4n) is 8.71. The molecule has 4 aromatic rings. The first-order chi connectivity index (χ1) is 23.2. The average Bonchev–Trinajstić information content (AvgIpc) is 3.75. The Morgan fingerprint density at radius 2 is 1.98 bits per heavy atom. The molecule has 9 nitrogen and oxygen atoms in total. The highest BCUT2D eigenvalue weighted by Gasteiger charge is 2.50. The lowest BCUT2D eigenvalue weighted by molar-refractivity contribution is -0.0292. The lowest BCUT2D eigenvalue weighted by Crippen LogP contribution is -2.47. The van der Waals surface area contributed by atoms with E-state index in [1.54, 1.807) is 6.07 Å². The number of pyridine rings is 1. The summed E-state index contributed by atoms with van der Waals surface area (Å²) in [6.45, 7) is 4.76. The number of aromatic nitrogens is 3. The Kier molecular flexibility index (Phi) is 7.60. The molecule has 48 heavy (non-hydrogen) atoms. The predicted molar refractivity (Wildman–Crippen MR) is 174 cm³/mol. The number of hydrogen-bond acceptors (Lipinski definition) is 9. The van der Waals surface area contributed by atoms with Gasteiger partial charge in [0.25, 0.3) is 0 Å². The van der Waals surface area contributed by atoms with Crippen molar-refractivity contribution in [2.75, 3.05) is 44.3 Å². The Morgan fingerprint density at radius 1 is 1.15 bits per heavy atom. The third-order valence-corrected chi connectivity index (χ3v) is 11.1. The number of benzene rings is 2. The number of aryl methyl sites for hydroxylation is 1. The summed E-state index contributed by atoms with van der Waals surface area (Å²) in [6.07, 6.45) is 4.97. The van der Waals surface area contributed by atoms with Crippen LogP contribution in [-0.4, -0.2) is 81.7 Å². The molecular formula is C36H37F3N6O3. The topological polar surface area (TPSA) is 108 Å². The van der Waals surface area contributed by atoms with Gasteiger partial charge < -0.3 is 19.5 Å². The molecule has 250 valence electrons. The van der Waals surface area contributed by atoms with E-state index in [1.165, 1.54) is 24.4 Å². The molecule has 4 fully saturated rings. The second kappa shape index (κ2) is 11.7. The summed E-state index contributed by atoms with van der Waals surface area (Å²) in [5.41, 5.74) is -0.414. The number of fused-ring (bicyclic) bond motifs is 3. The molecule has 3 atom stereocenters. The first kappa shape index (κ1) is 31.1. The van der Waals surface area contributed by atoms with E-state index in [4.69, 9.17) is 14.5 Å². The van der Waals surface area contributed by atoms with Crippen molar-refractivity contribution in [1.29, 1.82) is 5.26 Å². The van der Waals surface area contributed by atoms with Crippen LogP contribution in [0.5, 0.6) is 11.8 Å². The van der Waals surface area contributed by atoms with Crippen LogP contribution in [0.15, 0.2) is 30.5 Å². The summed E-state index contributed by atoms with van der Waals surface area (Å²) in [5.74, 6) is -1.01. The second-order valence-electron chi connectivity index (χ2n) is 13.7. The molecule has 0 saturated carbocycles. The van der Waals surface area contributed by atoms with Gasteiger partial charge in [-0.15, -0.1) is 0 Å². The number of aromatic hydroxyl groups is 1. The quantitative estimate of drug-likeness (QED) is 0.258. The van der Waals surface area contributed by atoms with Crippen LogP contribution in [0.25, 0.3) is 32.9 Å². The Bertz CT molecular complexity index is 1960. The fraction of sp³-hybridized carbons (Fsp3) is 0.500. The molecule has 4 aliphatic heterocycles. The number of nitriles is 1. The van der Waals surface area contributed by atoms with Crippen LogP contribution >= 0.6 is 0 Å². The van der Waals surface area contributed by atoms with Crippen molar-refractivity contribution in [3.8, 4) is 29.1 Å². The van der Waals surface area contributed by atoms with Crippen molar-refractivity contribution in [1.82, 2.24) is 19.9 Å². The van der Waals surface area contributed by atoms with Gasteiger partial charge in [0.2, 0.25) is 0 Å². The number of rotatable bonds is 6. The molecular weight excluding hydrogens is 621 g/mol. The summed E-state index contributed by atoms with van der Waals surface area (Å²) in [5, 5.41) is 21.8. The van der Waals surface area contributed by atoms with Crippen LogP contribution in [-0.2, 0) is 11.2 Å². The maximum atomic E-state index is 16.9. The van der Waals surface area contributed by atoms with Gasteiger partial charge in [0.05, 0.1) is 28.5 Å². The third-order valence-electron chi connectivity index (χ3n) is 11.1. The maximum Gasteiger partial charge on any atom is 0.319 e. The standard InChI is InChI=1S/C36H37F3N6O3/c1-2-25-28(38)5-4-21-14-24(46)15-26(29(21)25)31-30(39)32-27(18-41-31)33(44-11-8-36(9-12-44)22(17-40)6-13-48-36)43-34(42-32)47-20-35-7-3-10-45(35)19-23(37)16-35/h4-5,14-15,18,22-23,46H,2-3,6-13,16,19-20H2,1H3/t22?,23-,35+/m1/s1. The second-order valence-corrected chi connectivity index (χ2v) is 13.7. The van der Waals surface area contributed by atoms with E-state index in [0.717, 1.165) is 19.4 Å². The van der Waals surface area contributed by atoms with Gasteiger partial charge in [-0.25, -0.2) is 13.2 Å². The number of alkyl halides is 1. The molecule has 1 N–H and O–H groups in total. The highest BCUT2D eigenvalue weighted by molar-refractivity contribution is 6.01. The minimum Gasteiger partial charge on any atom is -0.508 e. The smallest absolute Gasteiger partial charge is 0.319 e. The molecule has 0 bridgehead atoms. The van der Waals surface area contributed by atoms with Gasteiger partial charge in [-0.05, 0) is 79.6 Å². The number of piperidine rings is 1. The highest BCUT2D eigenvalue weighted by atomic mass is 19.1. The summed E-state index contributed by atoms with van der Waals surface area (Å²) < 4.78 is 58.8. The van der Waals surface area contributed by atoms with Crippen LogP contribution in [0.1, 0.15) is 51.0 Å². The van der Waals surface area contributed by atoms with E-state index in [-0.39, 0.29) is 41.1 Å². The molecule has 1 spiro atoms. The third kappa shape index (κ3) is 4.93. The molecule has 4 saturated heterocycles. The Morgan fingerprint density at radius 3 is 2.77 bits per heavy atom. The van der Waals surface area contributed by atoms with Crippen molar-refractivity contribution >= 4 is 27.5 Å². The summed E-state index contributed by atoms with van der Waals surface area (Å²) >= 11 is 0. The largest absolute Gasteiger partial charge is 0.508 e. The Balaban J connectivity index is 1.23. The molecule has 2 aromatic heterocycles. The maximum absolute atomic E-state index is 16.9. The number of phenols is 1. The van der Waals surface area contributed by atoms with Crippen LogP contribution in [0.3, 0.4) is 0 Å². The highest BCUT2D eigenvalue weighted by Crippen LogP contribution is 2.44. The summed E-state index contributed by atoms with van der Waals surface area (Å²) in [6, 6.07) is 8.22. The molecule has 2 aromatic carbocycles. The van der Waals surface area contributed by atoms with Gasteiger partial charge in [-0.2, -0.15) is 15.2 Å². The van der Waals surface area contributed by atoms with E-state index in [0.29, 0.717) is 85.9 Å². The number of phenolic OH excluding ortho intramolecular Hbond substituents is 1. The number of ether oxygens (including phenoxy) is 2. The Labute approximate surface area is 276 Å². The average molecular weight is 659 g/mol. The van der Waals surface area contributed by atoms with Crippen LogP contribution in [0.4, 0.5) is 19.0 Å². The van der Waals surface area contributed by atoms with Gasteiger partial charge in [0, 0.05) is 44.4 Å². The lowest BCUT2D eigenvalue weighted by atomic mass is 9.80. The number of anilines is 1. The number of nitrogens with zero attached hydrogens (tertiary/aromatic N) is 6. The van der Waals surface area contributed by atoms with Gasteiger partial charge >= 0.3 is 6.01 Å². The normalized spacial score (nSPS) is 25.3. The zero-order chi connectivity index (χ0) is 33.2. The molecule has 4 aliphatic rings. The van der Waals surface area contributed by atoms with Crippen molar-refractivity contribution in [2.24, 2.45) is 5.92 Å². The monoisotopic (exact) mass is 658 g/mol. The van der Waals surface area contributed by atoms with Gasteiger partial charge in [-0.3, -0.25) is 9.88 Å². The van der Waals surface area contributed by atoms with Crippen molar-refractivity contribution in [3.05, 3.63) is 47.7 Å². The number of halogens is 3. The Hall–Kier alpha value is -4.21. The predicted octanol–water partition coefficient (Wildman–Crippen LogP) is 6.25. The minimum absolute atomic E-state index is 0.0196. The molecule has 8 rings (SSSR count). The van der Waals surface area contributed by atoms with E-state index >= 15 is 4.39 Å². The molecule has 0 radical (unpaired) electrons. The van der Waals surface area contributed by atoms with E-state index in [9.17, 15) is 19.1 Å². The van der Waals surface area contributed by atoms with Crippen LogP contribution in [0.2, 0.25) is 0 Å². The minimum atomic E-state index is -0.932. The molecule has 0 amide bonds. The summed E-state index contributed by atoms with van der Waals surface area (Å²) in [4.78, 5) is 18.1. The zero-order valence-electron chi connectivity index (χ0n) is 26.8. The SMILES string of the molecule is CCc1c(F)ccc2cc(O)cc(-c3ncc4c(N5CCC6(CC5)OCCC6C#N)nc(OC[C@@]56CCCN5C[C@H](F)C6)nc4c3F)c12. The van der Waals surface area contributed by atoms with E-state index in [2.05, 4.69) is 20.9 Å². The van der Waals surface area contributed by atoms with Crippen molar-refractivity contribution in [3.63, 3.8) is 0 Å². The first-order valence-electron chi connectivity index (χ1n) is 16.9. The summed E-state index contributed by atoms with van der Waals surface area (Å²) in [7, 11) is 0. The van der Waals surface area contributed by atoms with Gasteiger partial charge in [0.15, 0.2) is 5.82 Å².